The molecule has 0 unspecified atom stereocenters. The maximum atomic E-state index is 13.8. The van der Waals surface area contributed by atoms with Crippen LogP contribution >= 0.6 is 11.6 Å². The smallest absolute Gasteiger partial charge is 0.134 e. The number of nitrogen functional groups attached to an aromatic ring is 1. The van der Waals surface area contributed by atoms with Crippen LogP contribution < -0.4 is 11.3 Å². The van der Waals surface area contributed by atoms with Crippen LogP contribution in [0.3, 0.4) is 0 Å². The normalized spacial score (nSPS) is 11.2. The highest BCUT2D eigenvalue weighted by Gasteiger charge is 2.13. The van der Waals surface area contributed by atoms with E-state index < -0.39 is 0 Å². The molecule has 0 aliphatic carbocycles. The van der Waals surface area contributed by atoms with Gasteiger partial charge in [0.1, 0.15) is 5.82 Å². The third-order valence-electron chi connectivity index (χ3n) is 2.63. The van der Waals surface area contributed by atoms with Crippen molar-refractivity contribution in [2.24, 2.45) is 5.84 Å². The van der Waals surface area contributed by atoms with E-state index in [1.54, 1.807) is 6.07 Å². The van der Waals surface area contributed by atoms with Crippen molar-refractivity contribution in [1.82, 2.24) is 4.98 Å². The Kier molecular flexibility index (Phi) is 3.17. The van der Waals surface area contributed by atoms with Gasteiger partial charge in [0.05, 0.1) is 21.6 Å². The minimum Gasteiger partial charge on any atom is -0.323 e. The molecule has 0 aliphatic heterocycles. The van der Waals surface area contributed by atoms with E-state index in [4.69, 9.17) is 17.4 Å². The molecule has 2 rings (SSSR count). The van der Waals surface area contributed by atoms with E-state index in [2.05, 4.69) is 10.4 Å². The quantitative estimate of drug-likeness (QED) is 0.637. The highest BCUT2D eigenvalue weighted by atomic mass is 35.5. The third-order valence-corrected chi connectivity index (χ3v) is 2.93. The van der Waals surface area contributed by atoms with E-state index in [0.29, 0.717) is 21.6 Å². The second kappa shape index (κ2) is 4.47. The molecule has 90 valence electrons. The number of fused-ring (bicyclic) bond motifs is 1. The highest BCUT2D eigenvalue weighted by Crippen LogP contribution is 2.32. The number of aromatic nitrogens is 1. The summed E-state index contributed by atoms with van der Waals surface area (Å²) in [5.74, 6) is 5.24. The van der Waals surface area contributed by atoms with Gasteiger partial charge >= 0.3 is 0 Å². The number of hydrogen-bond acceptors (Lipinski definition) is 3. The van der Waals surface area contributed by atoms with E-state index in [0.717, 1.165) is 5.69 Å². The molecule has 0 fully saturated rings. The molecule has 5 heteroatoms. The van der Waals surface area contributed by atoms with Crippen molar-refractivity contribution in [2.75, 3.05) is 5.43 Å². The Morgan fingerprint density at radius 3 is 2.71 bits per heavy atom. The number of hydrogen-bond donors (Lipinski definition) is 2. The Balaban J connectivity index is 2.87. The average molecular weight is 254 g/mol. The van der Waals surface area contributed by atoms with Gasteiger partial charge in [-0.3, -0.25) is 10.8 Å². The standard InChI is InChI=1S/C12H13ClFN3/c1-6(2)9-5-10(17-15)11-8(14)4-3-7(13)12(11)16-9/h3-6H,15H2,1-2H3,(H,16,17). The van der Waals surface area contributed by atoms with Gasteiger partial charge < -0.3 is 5.43 Å². The Morgan fingerprint density at radius 1 is 1.41 bits per heavy atom. The van der Waals surface area contributed by atoms with Gasteiger partial charge in [-0.25, -0.2) is 4.39 Å². The number of nitrogens with two attached hydrogens (primary N) is 1. The minimum absolute atomic E-state index is 0.214. The van der Waals surface area contributed by atoms with E-state index in [-0.39, 0.29) is 11.7 Å². The second-order valence-electron chi connectivity index (χ2n) is 4.15. The number of rotatable bonds is 2. The minimum atomic E-state index is -0.389. The van der Waals surface area contributed by atoms with Gasteiger partial charge in [-0.15, -0.1) is 0 Å². The molecule has 0 atom stereocenters. The van der Waals surface area contributed by atoms with Crippen LogP contribution in [-0.2, 0) is 0 Å². The van der Waals surface area contributed by atoms with Crippen LogP contribution in [-0.4, -0.2) is 4.98 Å². The molecule has 0 spiro atoms. The van der Waals surface area contributed by atoms with Crippen LogP contribution in [0.2, 0.25) is 5.02 Å². The molecule has 0 radical (unpaired) electrons. The van der Waals surface area contributed by atoms with Crippen LogP contribution in [0.5, 0.6) is 0 Å². The number of hydrazine groups is 1. The van der Waals surface area contributed by atoms with Crippen molar-refractivity contribution < 1.29 is 4.39 Å². The summed E-state index contributed by atoms with van der Waals surface area (Å²) in [5, 5.41) is 0.741. The molecular weight excluding hydrogens is 241 g/mol. The Labute approximate surface area is 104 Å². The Bertz CT molecular complexity index is 569. The summed E-state index contributed by atoms with van der Waals surface area (Å²) < 4.78 is 13.8. The molecule has 1 heterocycles. The van der Waals surface area contributed by atoms with Gasteiger partial charge in [0.25, 0.3) is 0 Å². The number of benzene rings is 1. The molecule has 0 saturated carbocycles. The number of anilines is 1. The van der Waals surface area contributed by atoms with Crippen LogP contribution in [0.25, 0.3) is 10.9 Å². The Morgan fingerprint density at radius 2 is 2.12 bits per heavy atom. The van der Waals surface area contributed by atoms with Crippen LogP contribution in [0.1, 0.15) is 25.5 Å². The summed E-state index contributed by atoms with van der Waals surface area (Å²) >= 11 is 6.04. The van der Waals surface area contributed by atoms with Crippen molar-refractivity contribution >= 4 is 28.2 Å². The fraction of sp³-hybridized carbons (Fsp3) is 0.250. The maximum Gasteiger partial charge on any atom is 0.134 e. The molecule has 3 nitrogen and oxygen atoms in total. The predicted molar refractivity (Wildman–Crippen MR) is 68.6 cm³/mol. The van der Waals surface area contributed by atoms with Gasteiger partial charge in [-0.2, -0.15) is 0 Å². The van der Waals surface area contributed by atoms with Crippen LogP contribution in [0.15, 0.2) is 18.2 Å². The lowest BCUT2D eigenvalue weighted by molar-refractivity contribution is 0.639. The molecule has 0 saturated heterocycles. The van der Waals surface area contributed by atoms with Gasteiger partial charge in [-0.05, 0) is 24.1 Å². The first-order valence-electron chi connectivity index (χ1n) is 5.30. The van der Waals surface area contributed by atoms with Crippen molar-refractivity contribution in [3.05, 3.63) is 34.7 Å². The summed E-state index contributed by atoms with van der Waals surface area (Å²) in [6.07, 6.45) is 0. The van der Waals surface area contributed by atoms with E-state index in [1.165, 1.54) is 12.1 Å². The first kappa shape index (κ1) is 12.1. The predicted octanol–water partition coefficient (Wildman–Crippen LogP) is 3.44. The first-order valence-corrected chi connectivity index (χ1v) is 5.67. The average Bonchev–Trinajstić information content (AvgIpc) is 2.32. The third kappa shape index (κ3) is 2.06. The van der Waals surface area contributed by atoms with Gasteiger partial charge in [0, 0.05) is 5.69 Å². The van der Waals surface area contributed by atoms with E-state index in [1.807, 2.05) is 13.8 Å². The SMILES string of the molecule is CC(C)c1cc(NN)c2c(F)ccc(Cl)c2n1. The van der Waals surface area contributed by atoms with E-state index >= 15 is 0 Å². The van der Waals surface area contributed by atoms with Gasteiger partial charge in [0.2, 0.25) is 0 Å². The molecule has 1 aromatic heterocycles. The molecule has 3 N–H and O–H groups in total. The zero-order valence-electron chi connectivity index (χ0n) is 9.59. The second-order valence-corrected chi connectivity index (χ2v) is 4.55. The molecule has 0 aliphatic rings. The highest BCUT2D eigenvalue weighted by molar-refractivity contribution is 6.35. The Hall–Kier alpha value is -1.39. The van der Waals surface area contributed by atoms with Gasteiger partial charge in [0.15, 0.2) is 0 Å². The summed E-state index contributed by atoms with van der Waals surface area (Å²) in [4.78, 5) is 4.38. The molecule has 0 bridgehead atoms. The fourth-order valence-corrected chi connectivity index (χ4v) is 1.90. The van der Waals surface area contributed by atoms with Gasteiger partial charge in [-0.1, -0.05) is 25.4 Å². The summed E-state index contributed by atoms with van der Waals surface area (Å²) in [6, 6.07) is 4.55. The lowest BCUT2D eigenvalue weighted by Crippen LogP contribution is -2.09. The largest absolute Gasteiger partial charge is 0.323 e. The maximum absolute atomic E-state index is 13.8. The summed E-state index contributed by atoms with van der Waals surface area (Å²) in [6.45, 7) is 4.00. The van der Waals surface area contributed by atoms with E-state index in [9.17, 15) is 4.39 Å². The molecule has 2 aromatic rings. The molecular formula is C12H13ClFN3. The lowest BCUT2D eigenvalue weighted by atomic mass is 10.1. The molecule has 17 heavy (non-hydrogen) atoms. The first-order chi connectivity index (χ1) is 8.04. The van der Waals surface area contributed by atoms with Crippen molar-refractivity contribution in [2.45, 2.75) is 19.8 Å². The molecule has 1 aromatic carbocycles. The number of halogens is 2. The number of nitrogens with zero attached hydrogens (tertiary/aromatic N) is 1. The summed E-state index contributed by atoms with van der Waals surface area (Å²) in [5.41, 5.74) is 4.25. The number of nitrogens with one attached hydrogen (secondary N) is 1. The van der Waals surface area contributed by atoms with Crippen molar-refractivity contribution in [1.29, 1.82) is 0 Å². The molecule has 0 amide bonds. The van der Waals surface area contributed by atoms with Crippen LogP contribution in [0, 0.1) is 5.82 Å². The zero-order chi connectivity index (χ0) is 12.6. The lowest BCUT2D eigenvalue weighted by Gasteiger charge is -2.12. The van der Waals surface area contributed by atoms with Crippen molar-refractivity contribution in [3.63, 3.8) is 0 Å². The zero-order valence-corrected chi connectivity index (χ0v) is 10.3. The number of pyridine rings is 1. The fourth-order valence-electron chi connectivity index (χ4n) is 1.70. The topological polar surface area (TPSA) is 50.9 Å². The summed E-state index contributed by atoms with van der Waals surface area (Å²) in [7, 11) is 0. The monoisotopic (exact) mass is 253 g/mol. The van der Waals surface area contributed by atoms with Crippen LogP contribution in [0.4, 0.5) is 10.1 Å². The van der Waals surface area contributed by atoms with Crippen molar-refractivity contribution in [3.8, 4) is 0 Å².